The minimum Gasteiger partial charge on any atom is -0.399 e. The van der Waals surface area contributed by atoms with E-state index in [1.54, 1.807) is 36.1 Å². The first kappa shape index (κ1) is 33.0. The van der Waals surface area contributed by atoms with Crippen LogP contribution in [0.1, 0.15) is 57.1 Å². The number of likely N-dealkylation sites (tertiary alicyclic amines) is 2. The Balaban J connectivity index is 1.34. The number of nitrogens with zero attached hydrogens (tertiary/aromatic N) is 4. The normalized spacial score (nSPS) is 17.6. The number of aryl methyl sites for hydroxylation is 1. The summed E-state index contributed by atoms with van der Waals surface area (Å²) in [6, 6.07) is 12.6. The Hall–Kier alpha value is -2.95. The molecule has 2 saturated heterocycles. The number of piperidine rings is 2. The van der Waals surface area contributed by atoms with Gasteiger partial charge in [0.2, 0.25) is 11.8 Å². The topological polar surface area (TPSA) is 99.6 Å². The van der Waals surface area contributed by atoms with Gasteiger partial charge in [0, 0.05) is 43.2 Å². The zero-order chi connectivity index (χ0) is 31.1. The fraction of sp³-hybridized carbons (Fsp3) is 0.531. The summed E-state index contributed by atoms with van der Waals surface area (Å²) < 4.78 is 26.7. The minimum absolute atomic E-state index is 0.0468. The van der Waals surface area contributed by atoms with Gasteiger partial charge in [-0.2, -0.15) is 0 Å². The lowest BCUT2D eigenvalue weighted by molar-refractivity contribution is -0.133. The molecule has 0 unspecified atom stereocenters. The molecule has 2 aromatic rings. The monoisotopic (exact) mass is 630 g/mol. The summed E-state index contributed by atoms with van der Waals surface area (Å²) in [4.78, 5) is 36.6. The largest absolute Gasteiger partial charge is 0.399 e. The van der Waals surface area contributed by atoms with E-state index in [9.17, 15) is 18.0 Å². The average molecular weight is 631 g/mol. The number of hydrogen-bond acceptors (Lipinski definition) is 7. The Morgan fingerprint density at radius 3 is 2.23 bits per heavy atom. The molecular formula is C32H43ClN4O5S. The van der Waals surface area contributed by atoms with Gasteiger partial charge in [0.05, 0.1) is 15.9 Å². The molecule has 0 spiro atoms. The van der Waals surface area contributed by atoms with Crippen molar-refractivity contribution < 1.29 is 22.8 Å². The minimum atomic E-state index is -3.44. The molecular weight excluding hydrogens is 588 g/mol. The molecule has 2 aliphatic heterocycles. The number of carbonyl (C=O) groups excluding carboxylic acids is 2. The van der Waals surface area contributed by atoms with Crippen molar-refractivity contribution in [2.45, 2.75) is 63.0 Å². The summed E-state index contributed by atoms with van der Waals surface area (Å²) in [6.45, 7) is 9.20. The van der Waals surface area contributed by atoms with Gasteiger partial charge in [-0.25, -0.2) is 8.42 Å². The molecule has 2 aliphatic rings. The molecule has 11 heteroatoms. The van der Waals surface area contributed by atoms with Crippen molar-refractivity contribution in [3.05, 3.63) is 58.6 Å². The van der Waals surface area contributed by atoms with Gasteiger partial charge in [0.25, 0.3) is 0 Å². The van der Waals surface area contributed by atoms with Gasteiger partial charge < -0.3 is 19.5 Å². The van der Waals surface area contributed by atoms with Crippen molar-refractivity contribution in [3.63, 3.8) is 0 Å². The summed E-state index contributed by atoms with van der Waals surface area (Å²) >= 11 is 6.44. The molecule has 0 atom stereocenters. The van der Waals surface area contributed by atoms with E-state index >= 15 is 0 Å². The van der Waals surface area contributed by atoms with Crippen molar-refractivity contribution in [3.8, 4) is 0 Å². The van der Waals surface area contributed by atoms with Gasteiger partial charge in [0.1, 0.15) is 7.11 Å². The van der Waals surface area contributed by atoms with E-state index in [1.807, 2.05) is 36.9 Å². The molecule has 0 bridgehead atoms. The zero-order valence-electron chi connectivity index (χ0n) is 25.6. The zero-order valence-corrected chi connectivity index (χ0v) is 27.2. The van der Waals surface area contributed by atoms with Crippen molar-refractivity contribution in [2.75, 3.05) is 51.3 Å². The highest BCUT2D eigenvalue weighted by molar-refractivity contribution is 7.92. The van der Waals surface area contributed by atoms with Crippen LogP contribution >= 0.6 is 11.6 Å². The Morgan fingerprint density at radius 1 is 1.00 bits per heavy atom. The number of oxime groups is 1. The van der Waals surface area contributed by atoms with E-state index in [2.05, 4.69) is 10.1 Å². The second kappa shape index (κ2) is 14.7. The number of hydrogen-bond donors (Lipinski definition) is 0. The van der Waals surface area contributed by atoms with Crippen LogP contribution in [0.2, 0.25) is 5.02 Å². The molecule has 2 fully saturated rings. The van der Waals surface area contributed by atoms with E-state index < -0.39 is 15.1 Å². The molecule has 9 nitrogen and oxygen atoms in total. The van der Waals surface area contributed by atoms with Crippen LogP contribution in [-0.4, -0.2) is 87.4 Å². The van der Waals surface area contributed by atoms with Crippen LogP contribution in [0.4, 0.5) is 5.69 Å². The number of anilines is 1. The quantitative estimate of drug-likeness (QED) is 0.272. The molecule has 2 aromatic carbocycles. The van der Waals surface area contributed by atoms with Crippen molar-refractivity contribution in [1.82, 2.24) is 9.80 Å². The van der Waals surface area contributed by atoms with Crippen LogP contribution in [0, 0.1) is 12.8 Å². The molecule has 234 valence electrons. The third kappa shape index (κ3) is 8.16. The summed E-state index contributed by atoms with van der Waals surface area (Å²) in [5, 5.41) is 4.11. The van der Waals surface area contributed by atoms with E-state index in [1.165, 1.54) is 7.11 Å². The SMILES string of the molecule is CON=C(C)c1ccc(S(=O)(=O)C2CCN(CCCN(C(=O)C3CCN(C(C)=O)CC3)c3ccc(C)c(Cl)c3)CC2)cc1. The number of halogens is 1. The second-order valence-corrected chi connectivity index (χ2v) is 14.2. The number of sulfone groups is 1. The van der Waals surface area contributed by atoms with E-state index in [0.29, 0.717) is 74.0 Å². The third-order valence-electron chi connectivity index (χ3n) is 8.68. The Labute approximate surface area is 260 Å². The molecule has 43 heavy (non-hydrogen) atoms. The summed E-state index contributed by atoms with van der Waals surface area (Å²) in [5.41, 5.74) is 3.24. The van der Waals surface area contributed by atoms with E-state index in [-0.39, 0.29) is 17.7 Å². The highest BCUT2D eigenvalue weighted by Crippen LogP contribution is 2.29. The highest BCUT2D eigenvalue weighted by Gasteiger charge is 2.32. The van der Waals surface area contributed by atoms with Gasteiger partial charge in [-0.3, -0.25) is 9.59 Å². The van der Waals surface area contributed by atoms with Crippen LogP contribution in [-0.2, 0) is 24.3 Å². The fourth-order valence-electron chi connectivity index (χ4n) is 5.94. The van der Waals surface area contributed by atoms with Gasteiger partial charge in [-0.05, 0) is 101 Å². The van der Waals surface area contributed by atoms with Gasteiger partial charge >= 0.3 is 0 Å². The van der Waals surface area contributed by atoms with E-state index in [4.69, 9.17) is 16.4 Å². The lowest BCUT2D eigenvalue weighted by atomic mass is 9.94. The lowest BCUT2D eigenvalue weighted by Gasteiger charge is -2.35. The first-order valence-corrected chi connectivity index (χ1v) is 16.9. The molecule has 0 aliphatic carbocycles. The number of carbonyl (C=O) groups is 2. The predicted molar refractivity (Wildman–Crippen MR) is 170 cm³/mol. The maximum Gasteiger partial charge on any atom is 0.230 e. The van der Waals surface area contributed by atoms with Crippen LogP contribution in [0.15, 0.2) is 52.5 Å². The summed E-state index contributed by atoms with van der Waals surface area (Å²) in [5.74, 6) is -0.0185. The summed E-state index contributed by atoms with van der Waals surface area (Å²) in [7, 11) is -1.96. The molecule has 0 N–H and O–H groups in total. The molecule has 4 rings (SSSR count). The van der Waals surface area contributed by atoms with Crippen molar-refractivity contribution in [2.24, 2.45) is 11.1 Å². The Kier molecular flexibility index (Phi) is 11.3. The van der Waals surface area contributed by atoms with Gasteiger partial charge in [-0.15, -0.1) is 0 Å². The number of amides is 2. The number of rotatable bonds is 10. The number of benzene rings is 2. The molecule has 2 amide bonds. The first-order chi connectivity index (χ1) is 20.5. The summed E-state index contributed by atoms with van der Waals surface area (Å²) in [6.07, 6.45) is 3.20. The van der Waals surface area contributed by atoms with Crippen molar-refractivity contribution in [1.29, 1.82) is 0 Å². The Morgan fingerprint density at radius 2 is 1.65 bits per heavy atom. The van der Waals surface area contributed by atoms with E-state index in [0.717, 1.165) is 29.8 Å². The molecule has 0 saturated carbocycles. The van der Waals surface area contributed by atoms with Gasteiger partial charge in [0.15, 0.2) is 9.84 Å². The van der Waals surface area contributed by atoms with Crippen LogP contribution in [0.25, 0.3) is 0 Å². The maximum absolute atomic E-state index is 13.7. The smallest absolute Gasteiger partial charge is 0.230 e. The average Bonchev–Trinajstić information content (AvgIpc) is 3.01. The highest BCUT2D eigenvalue weighted by atomic mass is 35.5. The van der Waals surface area contributed by atoms with Crippen molar-refractivity contribution >= 4 is 44.7 Å². The van der Waals surface area contributed by atoms with Crippen LogP contribution in [0.5, 0.6) is 0 Å². The Bertz CT molecular complexity index is 1410. The molecule has 2 heterocycles. The molecule has 0 aromatic heterocycles. The first-order valence-electron chi connectivity index (χ1n) is 15.0. The van der Waals surface area contributed by atoms with Gasteiger partial charge in [-0.1, -0.05) is 35.0 Å². The standard InChI is InChI=1S/C32H43ClN4O5S/c1-23-6-9-28(22-31(23)33)37(32(39)27-12-20-36(21-13-27)25(3)38)17-5-16-35-18-14-30(15-19-35)43(40,41)29-10-7-26(8-11-29)24(2)34-42-4/h6-11,22,27,30H,5,12-21H2,1-4H3. The van der Waals surface area contributed by atoms with Crippen LogP contribution < -0.4 is 4.90 Å². The second-order valence-electron chi connectivity index (χ2n) is 11.5. The predicted octanol–water partition coefficient (Wildman–Crippen LogP) is 4.94. The lowest BCUT2D eigenvalue weighted by Crippen LogP contribution is -2.45. The van der Waals surface area contributed by atoms with Crippen LogP contribution in [0.3, 0.4) is 0 Å². The maximum atomic E-state index is 13.7. The third-order valence-corrected chi connectivity index (χ3v) is 11.4. The molecule has 0 radical (unpaired) electrons. The fourth-order valence-corrected chi connectivity index (χ4v) is 7.85.